The largest absolute Gasteiger partial charge is 0.495 e. The average molecular weight is 721 g/mol. The second kappa shape index (κ2) is 16.1. The molecule has 4 rings (SSSR count). The van der Waals surface area contributed by atoms with Crippen molar-refractivity contribution >= 4 is 43.5 Å². The molecule has 0 saturated carbocycles. The van der Waals surface area contributed by atoms with Crippen molar-refractivity contribution in [2.24, 2.45) is 5.92 Å². The van der Waals surface area contributed by atoms with Gasteiger partial charge in [0.1, 0.15) is 18.3 Å². The number of methoxy groups -OCH3 is 1. The van der Waals surface area contributed by atoms with E-state index in [1.165, 1.54) is 24.1 Å². The van der Waals surface area contributed by atoms with Crippen LogP contribution in [-0.2, 0) is 32.6 Å². The smallest absolute Gasteiger partial charge is 0.264 e. The third-order valence-electron chi connectivity index (χ3n) is 7.71. The van der Waals surface area contributed by atoms with Gasteiger partial charge in [0.2, 0.25) is 11.8 Å². The number of anilines is 1. The van der Waals surface area contributed by atoms with Gasteiger partial charge in [-0.25, -0.2) is 8.42 Å². The maximum absolute atomic E-state index is 14.7. The topological polar surface area (TPSA) is 96.0 Å². The second-order valence-corrected chi connectivity index (χ2v) is 14.8. The predicted octanol–water partition coefficient (Wildman–Crippen LogP) is 6.68. The summed E-state index contributed by atoms with van der Waals surface area (Å²) in [6.07, 6.45) is 0.242. The van der Waals surface area contributed by atoms with E-state index in [1.807, 2.05) is 88.4 Å². The number of rotatable bonds is 14. The van der Waals surface area contributed by atoms with E-state index in [0.717, 1.165) is 31.0 Å². The molecule has 2 amide bonds. The third kappa shape index (κ3) is 9.45. The van der Waals surface area contributed by atoms with E-state index < -0.39 is 28.5 Å². The summed E-state index contributed by atoms with van der Waals surface area (Å²) >= 11 is 3.47. The van der Waals surface area contributed by atoms with Gasteiger partial charge in [-0.15, -0.1) is 0 Å². The Morgan fingerprint density at radius 2 is 1.49 bits per heavy atom. The van der Waals surface area contributed by atoms with Gasteiger partial charge in [-0.2, -0.15) is 0 Å². The quantitative estimate of drug-likeness (QED) is 0.157. The zero-order valence-corrected chi connectivity index (χ0v) is 29.8. The van der Waals surface area contributed by atoms with Crippen molar-refractivity contribution in [3.8, 4) is 5.75 Å². The molecule has 0 aliphatic rings. The molecule has 0 bridgehead atoms. The summed E-state index contributed by atoms with van der Waals surface area (Å²) in [7, 11) is -2.79. The minimum absolute atomic E-state index is 0.0365. The van der Waals surface area contributed by atoms with Gasteiger partial charge in [0, 0.05) is 24.0 Å². The maximum Gasteiger partial charge on any atom is 0.264 e. The summed E-state index contributed by atoms with van der Waals surface area (Å²) in [5.74, 6) is -0.355. The molecule has 1 N–H and O–H groups in total. The fraction of sp³-hybridized carbons (Fsp3) is 0.297. The Balaban J connectivity index is 1.84. The van der Waals surface area contributed by atoms with Crippen LogP contribution in [-0.4, -0.2) is 51.4 Å². The first-order valence-electron chi connectivity index (χ1n) is 15.5. The molecule has 0 fully saturated rings. The highest BCUT2D eigenvalue weighted by atomic mass is 79.9. The lowest BCUT2D eigenvalue weighted by molar-refractivity contribution is -0.140. The molecule has 248 valence electrons. The Kier molecular flexibility index (Phi) is 12.2. The number of benzene rings is 4. The summed E-state index contributed by atoms with van der Waals surface area (Å²) < 4.78 is 36.3. The van der Waals surface area contributed by atoms with E-state index in [-0.39, 0.29) is 35.4 Å². The number of aryl methyl sites for hydroxylation is 2. The van der Waals surface area contributed by atoms with Crippen LogP contribution in [0.4, 0.5) is 5.69 Å². The number of nitrogens with zero attached hydrogens (tertiary/aromatic N) is 2. The Morgan fingerprint density at radius 3 is 2.11 bits per heavy atom. The number of carbonyl (C=O) groups is 2. The lowest BCUT2D eigenvalue weighted by atomic mass is 10.0. The number of ether oxygens (including phenoxy) is 1. The summed E-state index contributed by atoms with van der Waals surface area (Å²) in [6.45, 7) is 7.67. The van der Waals surface area contributed by atoms with Crippen molar-refractivity contribution in [1.82, 2.24) is 10.2 Å². The van der Waals surface area contributed by atoms with Crippen LogP contribution in [0.3, 0.4) is 0 Å². The van der Waals surface area contributed by atoms with Gasteiger partial charge in [-0.05, 0) is 72.9 Å². The number of carbonyl (C=O) groups excluding carboxylic acids is 2. The third-order valence-corrected chi connectivity index (χ3v) is 10.0. The van der Waals surface area contributed by atoms with E-state index in [0.29, 0.717) is 12.3 Å². The SMILES string of the molecule is COc1ccc(C)cc1N(CC(=O)N(Cc1ccc(Br)cc1)[C@H](Cc1ccccc1)C(=O)NCC(C)C)S(=O)(=O)c1ccc(C)cc1. The molecule has 0 radical (unpaired) electrons. The Bertz CT molecular complexity index is 1760. The molecular formula is C37H42BrN3O5S. The number of halogens is 1. The lowest BCUT2D eigenvalue weighted by Gasteiger charge is -2.34. The Hall–Kier alpha value is -4.15. The number of amides is 2. The van der Waals surface area contributed by atoms with Gasteiger partial charge < -0.3 is 15.0 Å². The number of hydrogen-bond donors (Lipinski definition) is 1. The van der Waals surface area contributed by atoms with E-state index >= 15 is 0 Å². The normalized spacial score (nSPS) is 12.0. The monoisotopic (exact) mass is 719 g/mol. The fourth-order valence-corrected chi connectivity index (χ4v) is 6.79. The predicted molar refractivity (Wildman–Crippen MR) is 190 cm³/mol. The van der Waals surface area contributed by atoms with Crippen LogP contribution < -0.4 is 14.4 Å². The van der Waals surface area contributed by atoms with Crippen molar-refractivity contribution in [3.63, 3.8) is 0 Å². The van der Waals surface area contributed by atoms with E-state index in [2.05, 4.69) is 21.2 Å². The highest BCUT2D eigenvalue weighted by Crippen LogP contribution is 2.34. The molecular weight excluding hydrogens is 678 g/mol. The van der Waals surface area contributed by atoms with Gasteiger partial charge in [-0.1, -0.05) is 96.0 Å². The second-order valence-electron chi connectivity index (χ2n) is 12.0. The Labute approximate surface area is 286 Å². The zero-order chi connectivity index (χ0) is 34.1. The van der Waals surface area contributed by atoms with Gasteiger partial charge in [0.25, 0.3) is 10.0 Å². The molecule has 47 heavy (non-hydrogen) atoms. The van der Waals surface area contributed by atoms with E-state index in [9.17, 15) is 18.0 Å². The van der Waals surface area contributed by atoms with Gasteiger partial charge in [0.05, 0.1) is 17.7 Å². The Morgan fingerprint density at radius 1 is 0.851 bits per heavy atom. The molecule has 0 aliphatic carbocycles. The van der Waals surface area contributed by atoms with Crippen LogP contribution in [0.1, 0.15) is 36.1 Å². The van der Waals surface area contributed by atoms with Crippen molar-refractivity contribution in [3.05, 3.63) is 124 Å². The minimum atomic E-state index is -4.25. The average Bonchev–Trinajstić information content (AvgIpc) is 3.05. The first-order chi connectivity index (χ1) is 22.4. The van der Waals surface area contributed by atoms with Gasteiger partial charge >= 0.3 is 0 Å². The molecule has 1 atom stereocenters. The highest BCUT2D eigenvalue weighted by molar-refractivity contribution is 9.10. The van der Waals surface area contributed by atoms with Crippen molar-refractivity contribution < 1.29 is 22.7 Å². The molecule has 0 unspecified atom stereocenters. The minimum Gasteiger partial charge on any atom is -0.495 e. The fourth-order valence-electron chi connectivity index (χ4n) is 5.11. The van der Waals surface area contributed by atoms with Gasteiger partial charge in [0.15, 0.2) is 0 Å². The highest BCUT2D eigenvalue weighted by Gasteiger charge is 2.35. The summed E-state index contributed by atoms with van der Waals surface area (Å²) in [5.41, 5.74) is 3.58. The molecule has 4 aromatic carbocycles. The van der Waals surface area contributed by atoms with Crippen LogP contribution in [0, 0.1) is 19.8 Å². The summed E-state index contributed by atoms with van der Waals surface area (Å²) in [6, 6.07) is 27.7. The molecule has 0 heterocycles. The molecule has 0 spiro atoms. The summed E-state index contributed by atoms with van der Waals surface area (Å²) in [5, 5.41) is 3.01. The molecule has 8 nitrogen and oxygen atoms in total. The molecule has 4 aromatic rings. The number of sulfonamides is 1. The van der Waals surface area contributed by atoms with Crippen molar-refractivity contribution in [1.29, 1.82) is 0 Å². The van der Waals surface area contributed by atoms with E-state index in [4.69, 9.17) is 4.74 Å². The molecule has 10 heteroatoms. The molecule has 0 aliphatic heterocycles. The zero-order valence-electron chi connectivity index (χ0n) is 27.4. The van der Waals surface area contributed by atoms with Crippen LogP contribution in [0.5, 0.6) is 5.75 Å². The first kappa shape index (κ1) is 35.7. The van der Waals surface area contributed by atoms with Crippen LogP contribution in [0.15, 0.2) is 106 Å². The molecule has 0 saturated heterocycles. The lowest BCUT2D eigenvalue weighted by Crippen LogP contribution is -2.53. The number of nitrogens with one attached hydrogen (secondary N) is 1. The maximum atomic E-state index is 14.7. The molecule has 0 aromatic heterocycles. The summed E-state index contributed by atoms with van der Waals surface area (Å²) in [4.78, 5) is 30.1. The number of hydrogen-bond acceptors (Lipinski definition) is 5. The van der Waals surface area contributed by atoms with Crippen molar-refractivity contribution in [2.45, 2.75) is 51.6 Å². The van der Waals surface area contributed by atoms with E-state index in [1.54, 1.807) is 24.3 Å². The standard InChI is InChI=1S/C37H42BrN3O5S/c1-26(2)23-39-37(43)34(22-29-9-7-6-8-10-29)40(24-30-14-16-31(38)17-15-30)36(42)25-41(33-21-28(4)13-20-35(33)46-5)47(44,45)32-18-11-27(3)12-19-32/h6-21,26,34H,22-25H2,1-5H3,(H,39,43)/t34-/m1/s1. The van der Waals surface area contributed by atoms with Crippen LogP contribution in [0.2, 0.25) is 0 Å². The van der Waals surface area contributed by atoms with Crippen LogP contribution in [0.25, 0.3) is 0 Å². The van der Waals surface area contributed by atoms with Gasteiger partial charge in [-0.3, -0.25) is 13.9 Å². The van der Waals surface area contributed by atoms with Crippen molar-refractivity contribution in [2.75, 3.05) is 24.5 Å². The van der Waals surface area contributed by atoms with Crippen LogP contribution >= 0.6 is 15.9 Å². The first-order valence-corrected chi connectivity index (χ1v) is 17.7.